The number of carbonyl (C=O) groups is 2. The van der Waals surface area contributed by atoms with Gasteiger partial charge in [0.25, 0.3) is 5.91 Å². The molecular weight excluding hydrogens is 428 g/mol. The Balaban J connectivity index is 1.10. The van der Waals surface area contributed by atoms with Crippen LogP contribution in [0.2, 0.25) is 0 Å². The highest BCUT2D eigenvalue weighted by atomic mass is 16.5. The second-order valence-electron chi connectivity index (χ2n) is 9.64. The topological polar surface area (TPSA) is 73.9 Å². The van der Waals surface area contributed by atoms with Gasteiger partial charge in [0.15, 0.2) is 0 Å². The molecule has 2 aromatic rings. The third-order valence-corrected chi connectivity index (χ3v) is 7.13. The molecule has 0 unspecified atom stereocenters. The van der Waals surface area contributed by atoms with Gasteiger partial charge in [-0.3, -0.25) is 19.4 Å². The minimum Gasteiger partial charge on any atom is -0.493 e. The molecule has 7 heteroatoms. The molecule has 34 heavy (non-hydrogen) atoms. The van der Waals surface area contributed by atoms with Crippen LogP contribution in [0.5, 0.6) is 5.75 Å². The van der Waals surface area contributed by atoms with Gasteiger partial charge in [-0.2, -0.15) is 0 Å². The number of nitrogens with one attached hydrogen (secondary N) is 2. The average molecular weight is 463 g/mol. The molecule has 5 rings (SSSR count). The van der Waals surface area contributed by atoms with E-state index in [4.69, 9.17) is 4.74 Å². The van der Waals surface area contributed by atoms with E-state index in [1.807, 2.05) is 12.1 Å². The molecule has 0 aromatic heterocycles. The van der Waals surface area contributed by atoms with Crippen LogP contribution in [0.1, 0.15) is 47.2 Å². The molecule has 2 N–H and O–H groups in total. The van der Waals surface area contributed by atoms with Crippen molar-refractivity contribution in [1.29, 1.82) is 0 Å². The Morgan fingerprint density at radius 2 is 1.74 bits per heavy atom. The number of piperazine rings is 1. The molecule has 0 spiro atoms. The number of nitrogens with zero attached hydrogens (tertiary/aromatic N) is 2. The van der Waals surface area contributed by atoms with Crippen LogP contribution < -0.4 is 15.4 Å². The highest BCUT2D eigenvalue weighted by Crippen LogP contribution is 2.26. The maximum atomic E-state index is 12.8. The number of carbonyl (C=O) groups excluding carboxylic acids is 2. The van der Waals surface area contributed by atoms with E-state index in [0.29, 0.717) is 17.8 Å². The Labute approximate surface area is 201 Å². The minimum atomic E-state index is -0.102. The number of ether oxygens (including phenoxy) is 1. The normalized spacial score (nSPS) is 18.9. The predicted octanol–water partition coefficient (Wildman–Crippen LogP) is 3.05. The lowest BCUT2D eigenvalue weighted by molar-refractivity contribution is -0.117. The number of benzene rings is 2. The van der Waals surface area contributed by atoms with Crippen LogP contribution in [0.15, 0.2) is 42.5 Å². The number of hydrogen-bond acceptors (Lipinski definition) is 5. The molecule has 3 aliphatic rings. The molecule has 0 radical (unpaired) electrons. The molecule has 1 aliphatic carbocycles. The van der Waals surface area contributed by atoms with Gasteiger partial charge in [-0.25, -0.2) is 0 Å². The van der Waals surface area contributed by atoms with Crippen molar-refractivity contribution in [1.82, 2.24) is 15.1 Å². The Kier molecular flexibility index (Phi) is 7.11. The lowest BCUT2D eigenvalue weighted by Gasteiger charge is -2.34. The number of fused-ring (bicyclic) bond motifs is 1. The number of para-hydroxylation sites is 1. The van der Waals surface area contributed by atoms with Crippen molar-refractivity contribution in [2.45, 2.75) is 44.7 Å². The zero-order chi connectivity index (χ0) is 23.3. The Bertz CT molecular complexity index is 1030. The fraction of sp³-hybridized carbons (Fsp3) is 0.481. The standard InChI is InChI=1S/C27H34N4O3/c32-26(29-24-8-4-3-7-23(24)27(33)28-22-5-1-2-6-22)19-31-14-12-30(13-15-31)18-20-9-10-25-21(17-20)11-16-34-25/h3-4,7-10,17,22H,1-2,5-6,11-16,18-19H2,(H,28,33)(H,29,32). The van der Waals surface area contributed by atoms with E-state index < -0.39 is 0 Å². The quantitative estimate of drug-likeness (QED) is 0.662. The largest absolute Gasteiger partial charge is 0.493 e. The molecule has 1 saturated heterocycles. The first-order valence-corrected chi connectivity index (χ1v) is 12.5. The number of amides is 2. The van der Waals surface area contributed by atoms with E-state index in [9.17, 15) is 9.59 Å². The van der Waals surface area contributed by atoms with E-state index in [-0.39, 0.29) is 17.9 Å². The summed E-state index contributed by atoms with van der Waals surface area (Å²) < 4.78 is 5.61. The molecule has 0 atom stereocenters. The first-order chi connectivity index (χ1) is 16.6. The third kappa shape index (κ3) is 5.59. The fourth-order valence-corrected chi connectivity index (χ4v) is 5.22. The van der Waals surface area contributed by atoms with Gasteiger partial charge in [-0.15, -0.1) is 0 Å². The van der Waals surface area contributed by atoms with Crippen molar-refractivity contribution < 1.29 is 14.3 Å². The molecule has 0 bridgehead atoms. The molecule has 180 valence electrons. The maximum absolute atomic E-state index is 12.8. The van der Waals surface area contributed by atoms with Crippen molar-refractivity contribution in [3.05, 3.63) is 59.2 Å². The second-order valence-corrected chi connectivity index (χ2v) is 9.64. The zero-order valence-corrected chi connectivity index (χ0v) is 19.7. The van der Waals surface area contributed by atoms with Gasteiger partial charge in [0.05, 0.1) is 24.4 Å². The van der Waals surface area contributed by atoms with Crippen LogP contribution in [0, 0.1) is 0 Å². The Morgan fingerprint density at radius 1 is 0.971 bits per heavy atom. The lowest BCUT2D eigenvalue weighted by Crippen LogP contribution is -2.48. The van der Waals surface area contributed by atoms with Gasteiger partial charge in [-0.05, 0) is 42.2 Å². The minimum absolute atomic E-state index is 0.0758. The van der Waals surface area contributed by atoms with E-state index in [1.165, 1.54) is 24.0 Å². The van der Waals surface area contributed by atoms with Gasteiger partial charge in [0.2, 0.25) is 5.91 Å². The fourth-order valence-electron chi connectivity index (χ4n) is 5.22. The van der Waals surface area contributed by atoms with Gasteiger partial charge in [-0.1, -0.05) is 37.1 Å². The van der Waals surface area contributed by atoms with Crippen molar-refractivity contribution in [3.8, 4) is 5.75 Å². The molecule has 2 fully saturated rings. The van der Waals surface area contributed by atoms with Crippen molar-refractivity contribution in [3.63, 3.8) is 0 Å². The summed E-state index contributed by atoms with van der Waals surface area (Å²) in [6.45, 7) is 5.62. The van der Waals surface area contributed by atoms with Crippen LogP contribution in [0.4, 0.5) is 5.69 Å². The summed E-state index contributed by atoms with van der Waals surface area (Å²) in [5.74, 6) is 0.847. The smallest absolute Gasteiger partial charge is 0.253 e. The van der Waals surface area contributed by atoms with Gasteiger partial charge in [0.1, 0.15) is 5.75 Å². The zero-order valence-electron chi connectivity index (χ0n) is 19.7. The molecule has 7 nitrogen and oxygen atoms in total. The second kappa shape index (κ2) is 10.6. The summed E-state index contributed by atoms with van der Waals surface area (Å²) in [7, 11) is 0. The molecule has 2 aromatic carbocycles. The van der Waals surface area contributed by atoms with Gasteiger partial charge in [0, 0.05) is 45.2 Å². The van der Waals surface area contributed by atoms with Crippen molar-refractivity contribution >= 4 is 17.5 Å². The highest BCUT2D eigenvalue weighted by Gasteiger charge is 2.22. The highest BCUT2D eigenvalue weighted by molar-refractivity contribution is 6.04. The average Bonchev–Trinajstić information content (AvgIpc) is 3.52. The first-order valence-electron chi connectivity index (χ1n) is 12.5. The lowest BCUT2D eigenvalue weighted by atomic mass is 10.1. The summed E-state index contributed by atoms with van der Waals surface area (Å²) in [4.78, 5) is 30.2. The number of rotatable bonds is 7. The van der Waals surface area contributed by atoms with Gasteiger partial charge < -0.3 is 15.4 Å². The molecule has 1 saturated carbocycles. The number of anilines is 1. The summed E-state index contributed by atoms with van der Waals surface area (Å²) in [6, 6.07) is 14.0. The van der Waals surface area contributed by atoms with E-state index in [2.05, 4.69) is 38.6 Å². The monoisotopic (exact) mass is 462 g/mol. The predicted molar refractivity (Wildman–Crippen MR) is 132 cm³/mol. The molecular formula is C27H34N4O3. The SMILES string of the molecule is O=C(CN1CCN(Cc2ccc3c(c2)CCO3)CC1)Nc1ccccc1C(=O)NC1CCCC1. The van der Waals surface area contributed by atoms with Crippen LogP contribution >= 0.6 is 0 Å². The van der Waals surface area contributed by atoms with E-state index >= 15 is 0 Å². The number of hydrogen-bond donors (Lipinski definition) is 2. The maximum Gasteiger partial charge on any atom is 0.253 e. The molecule has 2 heterocycles. The first kappa shape index (κ1) is 22.9. The van der Waals surface area contributed by atoms with Crippen LogP contribution in [-0.4, -0.2) is 67.0 Å². The van der Waals surface area contributed by atoms with E-state index in [1.54, 1.807) is 12.1 Å². The summed E-state index contributed by atoms with van der Waals surface area (Å²) >= 11 is 0. The summed E-state index contributed by atoms with van der Waals surface area (Å²) in [5, 5.41) is 6.09. The van der Waals surface area contributed by atoms with Crippen LogP contribution in [0.25, 0.3) is 0 Å². The Hall–Kier alpha value is -2.90. The van der Waals surface area contributed by atoms with Crippen molar-refractivity contribution in [2.24, 2.45) is 0 Å². The van der Waals surface area contributed by atoms with Crippen molar-refractivity contribution in [2.75, 3.05) is 44.6 Å². The van der Waals surface area contributed by atoms with Crippen LogP contribution in [0.3, 0.4) is 0 Å². The summed E-state index contributed by atoms with van der Waals surface area (Å²) in [6.07, 6.45) is 5.40. The van der Waals surface area contributed by atoms with E-state index in [0.717, 1.165) is 64.3 Å². The molecule has 2 aliphatic heterocycles. The summed E-state index contributed by atoms with van der Waals surface area (Å²) in [5.41, 5.74) is 3.75. The Morgan fingerprint density at radius 3 is 2.56 bits per heavy atom. The third-order valence-electron chi connectivity index (χ3n) is 7.13. The van der Waals surface area contributed by atoms with Crippen LogP contribution in [-0.2, 0) is 17.8 Å². The van der Waals surface area contributed by atoms with Gasteiger partial charge >= 0.3 is 0 Å². The molecule has 2 amide bonds.